The molecule has 1 aromatic carbocycles. The zero-order valence-corrected chi connectivity index (χ0v) is 12.5. The van der Waals surface area contributed by atoms with Crippen LogP contribution in [-0.2, 0) is 4.74 Å². The predicted molar refractivity (Wildman–Crippen MR) is 80.5 cm³/mol. The molecule has 2 nitrogen and oxygen atoms in total. The minimum Gasteiger partial charge on any atom is -0.381 e. The van der Waals surface area contributed by atoms with Gasteiger partial charge in [-0.1, -0.05) is 38.1 Å². The van der Waals surface area contributed by atoms with E-state index in [4.69, 9.17) is 4.74 Å². The van der Waals surface area contributed by atoms with Crippen LogP contribution >= 0.6 is 0 Å². The van der Waals surface area contributed by atoms with Gasteiger partial charge >= 0.3 is 0 Å². The van der Waals surface area contributed by atoms with Crippen LogP contribution in [0.3, 0.4) is 0 Å². The van der Waals surface area contributed by atoms with E-state index in [9.17, 15) is 0 Å². The van der Waals surface area contributed by atoms with Crippen LogP contribution in [0.1, 0.15) is 63.1 Å². The summed E-state index contributed by atoms with van der Waals surface area (Å²) in [6.45, 7) is 8.56. The lowest BCUT2D eigenvalue weighted by Gasteiger charge is -2.22. The first-order valence-electron chi connectivity index (χ1n) is 7.60. The maximum atomic E-state index is 5.51. The molecule has 0 saturated carbocycles. The van der Waals surface area contributed by atoms with Crippen molar-refractivity contribution in [1.82, 2.24) is 5.32 Å². The lowest BCUT2D eigenvalue weighted by Crippen LogP contribution is -2.31. The number of hydrogen-bond acceptors (Lipinski definition) is 2. The monoisotopic (exact) mass is 261 g/mol. The van der Waals surface area contributed by atoms with Crippen LogP contribution in [0.5, 0.6) is 0 Å². The molecule has 2 atom stereocenters. The van der Waals surface area contributed by atoms with Gasteiger partial charge in [-0.15, -0.1) is 0 Å². The summed E-state index contributed by atoms with van der Waals surface area (Å²) in [5.41, 5.74) is 2.80. The Balaban J connectivity index is 1.92. The first kappa shape index (κ1) is 14.5. The average Bonchev–Trinajstić information content (AvgIpc) is 2.67. The normalized spacial score (nSPS) is 22.2. The summed E-state index contributed by atoms with van der Waals surface area (Å²) in [5, 5.41) is 3.74. The van der Waals surface area contributed by atoms with Crippen molar-refractivity contribution >= 4 is 0 Å². The average molecular weight is 261 g/mol. The van der Waals surface area contributed by atoms with Gasteiger partial charge < -0.3 is 10.1 Å². The van der Waals surface area contributed by atoms with Crippen molar-refractivity contribution < 1.29 is 4.74 Å². The number of rotatable bonds is 4. The summed E-state index contributed by atoms with van der Waals surface area (Å²) in [5.74, 6) is 0.608. The van der Waals surface area contributed by atoms with E-state index in [1.165, 1.54) is 24.0 Å². The van der Waals surface area contributed by atoms with Crippen molar-refractivity contribution in [2.45, 2.75) is 58.0 Å². The van der Waals surface area contributed by atoms with E-state index >= 15 is 0 Å². The van der Waals surface area contributed by atoms with Crippen LogP contribution in [0.15, 0.2) is 24.3 Å². The number of benzene rings is 1. The molecule has 0 radical (unpaired) electrons. The van der Waals surface area contributed by atoms with Crippen molar-refractivity contribution in [3.8, 4) is 0 Å². The van der Waals surface area contributed by atoms with Crippen LogP contribution < -0.4 is 5.32 Å². The molecule has 1 saturated heterocycles. The molecular weight excluding hydrogens is 234 g/mol. The van der Waals surface area contributed by atoms with E-state index in [-0.39, 0.29) is 0 Å². The van der Waals surface area contributed by atoms with E-state index in [2.05, 4.69) is 50.4 Å². The SMILES string of the molecule is CC(C)c1ccc(C(C)NC2CCCOCC2)cc1. The minimum absolute atomic E-state index is 0.421. The van der Waals surface area contributed by atoms with Crippen LogP contribution in [-0.4, -0.2) is 19.3 Å². The van der Waals surface area contributed by atoms with Gasteiger partial charge in [0.1, 0.15) is 0 Å². The second-order valence-corrected chi connectivity index (χ2v) is 5.95. The van der Waals surface area contributed by atoms with Crippen molar-refractivity contribution in [3.05, 3.63) is 35.4 Å². The van der Waals surface area contributed by atoms with Gasteiger partial charge in [0.2, 0.25) is 0 Å². The van der Waals surface area contributed by atoms with Crippen molar-refractivity contribution in [2.24, 2.45) is 0 Å². The van der Waals surface area contributed by atoms with E-state index in [1.807, 2.05) is 0 Å². The van der Waals surface area contributed by atoms with E-state index in [1.54, 1.807) is 0 Å². The van der Waals surface area contributed by atoms with Crippen LogP contribution in [0.4, 0.5) is 0 Å². The molecular formula is C17H27NO. The summed E-state index contributed by atoms with van der Waals surface area (Å²) >= 11 is 0. The van der Waals surface area contributed by atoms with Gasteiger partial charge in [0, 0.05) is 25.3 Å². The number of ether oxygens (including phenoxy) is 1. The lowest BCUT2D eigenvalue weighted by atomic mass is 9.99. The summed E-state index contributed by atoms with van der Waals surface area (Å²) < 4.78 is 5.51. The Bertz CT molecular complexity index is 363. The predicted octanol–water partition coefficient (Wildman–Crippen LogP) is 4.03. The minimum atomic E-state index is 0.421. The molecule has 2 heteroatoms. The van der Waals surface area contributed by atoms with Gasteiger partial charge in [0.25, 0.3) is 0 Å². The van der Waals surface area contributed by atoms with Crippen LogP contribution in [0.2, 0.25) is 0 Å². The molecule has 0 spiro atoms. The maximum absolute atomic E-state index is 5.51. The zero-order chi connectivity index (χ0) is 13.7. The Kier molecular flexibility index (Phi) is 5.41. The second kappa shape index (κ2) is 7.06. The molecule has 1 heterocycles. The molecule has 0 aromatic heterocycles. The van der Waals surface area contributed by atoms with E-state index in [0.29, 0.717) is 18.0 Å². The summed E-state index contributed by atoms with van der Waals surface area (Å²) in [6.07, 6.45) is 3.54. The third-order valence-corrected chi connectivity index (χ3v) is 4.04. The Hall–Kier alpha value is -0.860. The van der Waals surface area contributed by atoms with Crippen LogP contribution in [0, 0.1) is 0 Å². The van der Waals surface area contributed by atoms with Gasteiger partial charge in [0.15, 0.2) is 0 Å². The van der Waals surface area contributed by atoms with Crippen molar-refractivity contribution in [3.63, 3.8) is 0 Å². The number of nitrogens with one attached hydrogen (secondary N) is 1. The molecule has 1 aromatic rings. The lowest BCUT2D eigenvalue weighted by molar-refractivity contribution is 0.142. The molecule has 1 N–H and O–H groups in total. The summed E-state index contributed by atoms with van der Waals surface area (Å²) in [6, 6.07) is 10.1. The zero-order valence-electron chi connectivity index (χ0n) is 12.5. The highest BCUT2D eigenvalue weighted by Crippen LogP contribution is 2.20. The topological polar surface area (TPSA) is 21.3 Å². The Morgan fingerprint density at radius 2 is 1.68 bits per heavy atom. The first-order chi connectivity index (χ1) is 9.16. The Labute approximate surface area is 117 Å². The Morgan fingerprint density at radius 3 is 2.37 bits per heavy atom. The van der Waals surface area contributed by atoms with Crippen molar-refractivity contribution in [2.75, 3.05) is 13.2 Å². The van der Waals surface area contributed by atoms with Gasteiger partial charge in [-0.2, -0.15) is 0 Å². The molecule has 1 aliphatic heterocycles. The molecule has 0 aliphatic carbocycles. The van der Waals surface area contributed by atoms with Crippen LogP contribution in [0.25, 0.3) is 0 Å². The highest BCUT2D eigenvalue weighted by molar-refractivity contribution is 5.26. The molecule has 0 amide bonds. The molecule has 2 rings (SSSR count). The second-order valence-electron chi connectivity index (χ2n) is 5.95. The maximum Gasteiger partial charge on any atom is 0.0480 e. The Morgan fingerprint density at radius 1 is 1.00 bits per heavy atom. The standard InChI is InChI=1S/C17H27NO/c1-13(2)15-6-8-16(9-7-15)14(3)18-17-5-4-11-19-12-10-17/h6-9,13-14,17-18H,4-5,10-12H2,1-3H3. The van der Waals surface area contributed by atoms with Crippen molar-refractivity contribution in [1.29, 1.82) is 0 Å². The van der Waals surface area contributed by atoms with Gasteiger partial charge in [0.05, 0.1) is 0 Å². The quantitative estimate of drug-likeness (QED) is 0.883. The van der Waals surface area contributed by atoms with Gasteiger partial charge in [-0.3, -0.25) is 0 Å². The fourth-order valence-electron chi connectivity index (χ4n) is 2.69. The van der Waals surface area contributed by atoms with Gasteiger partial charge in [-0.25, -0.2) is 0 Å². The molecule has 106 valence electrons. The third kappa shape index (κ3) is 4.32. The fraction of sp³-hybridized carbons (Fsp3) is 0.647. The molecule has 1 aliphatic rings. The molecule has 1 fully saturated rings. The fourth-order valence-corrected chi connectivity index (χ4v) is 2.69. The number of hydrogen-bond donors (Lipinski definition) is 1. The molecule has 0 bridgehead atoms. The van der Waals surface area contributed by atoms with E-state index in [0.717, 1.165) is 19.6 Å². The largest absolute Gasteiger partial charge is 0.381 e. The summed E-state index contributed by atoms with van der Waals surface area (Å²) in [7, 11) is 0. The molecule has 19 heavy (non-hydrogen) atoms. The summed E-state index contributed by atoms with van der Waals surface area (Å²) in [4.78, 5) is 0. The molecule has 2 unspecified atom stereocenters. The highest BCUT2D eigenvalue weighted by Gasteiger charge is 2.15. The smallest absolute Gasteiger partial charge is 0.0480 e. The first-order valence-corrected chi connectivity index (χ1v) is 7.60. The highest BCUT2D eigenvalue weighted by atomic mass is 16.5. The van der Waals surface area contributed by atoms with Gasteiger partial charge in [-0.05, 0) is 43.2 Å². The van der Waals surface area contributed by atoms with E-state index < -0.39 is 0 Å². The third-order valence-electron chi connectivity index (χ3n) is 4.04.